The lowest BCUT2D eigenvalue weighted by Gasteiger charge is -2.01. The Hall–Kier alpha value is -0.310. The third-order valence-electron chi connectivity index (χ3n) is 1.11. The topological polar surface area (TPSA) is 12.0 Å². The van der Waals surface area contributed by atoms with Gasteiger partial charge < -0.3 is 5.32 Å². The minimum atomic E-state index is 0.576. The quantitative estimate of drug-likeness (QED) is 0.587. The van der Waals surface area contributed by atoms with Crippen LogP contribution in [0.1, 0.15) is 0 Å². The van der Waals surface area contributed by atoms with Crippen molar-refractivity contribution in [1.82, 2.24) is 0 Å². The van der Waals surface area contributed by atoms with Gasteiger partial charge in [-0.3, -0.25) is 0 Å². The van der Waals surface area contributed by atoms with Crippen molar-refractivity contribution in [3.63, 3.8) is 0 Å². The van der Waals surface area contributed by atoms with Crippen molar-refractivity contribution in [2.75, 3.05) is 5.32 Å². The highest BCUT2D eigenvalue weighted by Gasteiger charge is 1.97. The first-order valence-electron chi connectivity index (χ1n) is 2.82. The van der Waals surface area contributed by atoms with Crippen LogP contribution in [0.2, 0.25) is 10.0 Å². The Morgan fingerprint density at radius 1 is 1.36 bits per heavy atom. The monoisotopic (exact) mass is 204 g/mol. The zero-order valence-electron chi connectivity index (χ0n) is 5.40. The van der Waals surface area contributed by atoms with E-state index in [4.69, 9.17) is 23.2 Å². The molecule has 4 heteroatoms. The number of thiocarbonyl (C=S) groups is 1. The van der Waals surface area contributed by atoms with Crippen LogP contribution in [0.5, 0.6) is 0 Å². The van der Waals surface area contributed by atoms with Gasteiger partial charge in [0.15, 0.2) is 0 Å². The molecule has 0 saturated heterocycles. The third-order valence-corrected chi connectivity index (χ3v) is 1.78. The Balaban J connectivity index is 3.01. The van der Waals surface area contributed by atoms with Gasteiger partial charge in [0.05, 0.1) is 10.7 Å². The van der Waals surface area contributed by atoms with Crippen LogP contribution in [0.25, 0.3) is 0 Å². The van der Waals surface area contributed by atoms with Gasteiger partial charge in [0.1, 0.15) is 5.49 Å². The third kappa shape index (κ3) is 2.33. The summed E-state index contributed by atoms with van der Waals surface area (Å²) in [5.74, 6) is 0. The van der Waals surface area contributed by atoms with Crippen molar-refractivity contribution in [2.45, 2.75) is 0 Å². The maximum Gasteiger partial charge on any atom is 0.138 e. The largest absolute Gasteiger partial charge is 0.343 e. The fourth-order valence-electron chi connectivity index (χ4n) is 0.648. The summed E-state index contributed by atoms with van der Waals surface area (Å²) >= 11 is 15.9. The van der Waals surface area contributed by atoms with E-state index in [0.29, 0.717) is 15.7 Å². The van der Waals surface area contributed by atoms with Gasteiger partial charge in [0, 0.05) is 5.02 Å². The summed E-state index contributed by atoms with van der Waals surface area (Å²) in [5, 5.41) is 3.85. The van der Waals surface area contributed by atoms with Gasteiger partial charge in [-0.1, -0.05) is 35.4 Å². The summed E-state index contributed by atoms with van der Waals surface area (Å²) in [6.45, 7) is 0. The van der Waals surface area contributed by atoms with E-state index in [1.54, 1.807) is 18.2 Å². The molecule has 0 heterocycles. The van der Waals surface area contributed by atoms with Crippen molar-refractivity contribution in [1.29, 1.82) is 0 Å². The van der Waals surface area contributed by atoms with Gasteiger partial charge in [-0.2, -0.15) is 0 Å². The van der Waals surface area contributed by atoms with E-state index in [1.807, 2.05) is 0 Å². The highest BCUT2D eigenvalue weighted by atomic mass is 35.5. The number of anilines is 1. The molecule has 0 aliphatic heterocycles. The molecule has 0 fully saturated rings. The van der Waals surface area contributed by atoms with Crippen LogP contribution in [0.3, 0.4) is 0 Å². The molecule has 1 rings (SSSR count). The minimum absolute atomic E-state index is 0.576. The molecule has 1 radical (unpaired) electrons. The van der Waals surface area contributed by atoms with Crippen LogP contribution in [0.4, 0.5) is 5.69 Å². The van der Waals surface area contributed by atoms with Crippen molar-refractivity contribution in [3.8, 4) is 0 Å². The Morgan fingerprint density at radius 2 is 2.09 bits per heavy atom. The van der Waals surface area contributed by atoms with Crippen LogP contribution >= 0.6 is 35.4 Å². The fraction of sp³-hybridized carbons (Fsp3) is 0. The normalized spacial score (nSPS) is 9.27. The maximum atomic E-state index is 5.77. The SMILES string of the molecule is S=[C]Nc1cc(Cl)ccc1Cl. The first-order valence-corrected chi connectivity index (χ1v) is 3.98. The van der Waals surface area contributed by atoms with Crippen molar-refractivity contribution < 1.29 is 0 Å². The first-order chi connectivity index (χ1) is 5.24. The fourth-order valence-corrected chi connectivity index (χ4v) is 1.10. The van der Waals surface area contributed by atoms with E-state index < -0.39 is 0 Å². The molecule has 0 bridgehead atoms. The van der Waals surface area contributed by atoms with Gasteiger partial charge in [0.2, 0.25) is 0 Å². The predicted octanol–water partition coefficient (Wildman–Crippen LogP) is 3.24. The van der Waals surface area contributed by atoms with E-state index in [2.05, 4.69) is 23.0 Å². The predicted molar refractivity (Wildman–Crippen MR) is 52.7 cm³/mol. The zero-order chi connectivity index (χ0) is 8.27. The Kier molecular flexibility index (Phi) is 3.12. The summed E-state index contributed by atoms with van der Waals surface area (Å²) in [5.41, 5.74) is 3.02. The molecule has 1 nitrogen and oxygen atoms in total. The second-order valence-electron chi connectivity index (χ2n) is 1.85. The van der Waals surface area contributed by atoms with Crippen LogP contribution in [-0.2, 0) is 0 Å². The molecule has 0 aliphatic carbocycles. The first kappa shape index (κ1) is 8.78. The van der Waals surface area contributed by atoms with Crippen molar-refractivity contribution >= 4 is 46.6 Å². The zero-order valence-corrected chi connectivity index (χ0v) is 7.72. The number of hydrogen-bond donors (Lipinski definition) is 1. The van der Waals surface area contributed by atoms with Crippen LogP contribution < -0.4 is 5.32 Å². The van der Waals surface area contributed by atoms with Gasteiger partial charge in [-0.05, 0) is 18.2 Å². The molecule has 0 atom stereocenters. The number of benzene rings is 1. The van der Waals surface area contributed by atoms with Crippen molar-refractivity contribution in [2.24, 2.45) is 0 Å². The minimum Gasteiger partial charge on any atom is -0.343 e. The van der Waals surface area contributed by atoms with E-state index in [0.717, 1.165) is 0 Å². The molecule has 0 unspecified atom stereocenters. The second kappa shape index (κ2) is 3.90. The van der Waals surface area contributed by atoms with E-state index in [-0.39, 0.29) is 0 Å². The van der Waals surface area contributed by atoms with Crippen molar-refractivity contribution in [3.05, 3.63) is 28.2 Å². The molecule has 0 saturated carbocycles. The number of nitrogens with one attached hydrogen (secondary N) is 1. The van der Waals surface area contributed by atoms with Gasteiger partial charge >= 0.3 is 0 Å². The van der Waals surface area contributed by atoms with E-state index in [9.17, 15) is 0 Å². The maximum absolute atomic E-state index is 5.77. The lowest BCUT2D eigenvalue weighted by atomic mass is 10.3. The molecule has 0 spiro atoms. The molecule has 57 valence electrons. The molecular formula is C7H4Cl2NS. The summed E-state index contributed by atoms with van der Waals surface area (Å²) in [6, 6.07) is 5.08. The Morgan fingerprint density at radius 3 is 2.73 bits per heavy atom. The summed E-state index contributed by atoms with van der Waals surface area (Å²) in [4.78, 5) is 0. The summed E-state index contributed by atoms with van der Waals surface area (Å²) < 4.78 is 0. The average Bonchev–Trinajstić information content (AvgIpc) is 1.98. The second-order valence-corrected chi connectivity index (χ2v) is 2.90. The molecule has 1 aromatic rings. The van der Waals surface area contributed by atoms with E-state index >= 15 is 0 Å². The Labute approximate surface area is 80.3 Å². The average molecular weight is 205 g/mol. The number of rotatable bonds is 2. The van der Waals surface area contributed by atoms with Crippen LogP contribution in [0.15, 0.2) is 18.2 Å². The van der Waals surface area contributed by atoms with Gasteiger partial charge in [-0.15, -0.1) is 0 Å². The molecule has 1 aromatic carbocycles. The van der Waals surface area contributed by atoms with Crippen LogP contribution in [-0.4, -0.2) is 5.49 Å². The number of halogens is 2. The standard InChI is InChI=1S/C7H4Cl2NS/c8-5-1-2-6(9)7(3-5)10-4-11/h1-3H,(H,10,11). The molecule has 0 amide bonds. The van der Waals surface area contributed by atoms with E-state index in [1.165, 1.54) is 0 Å². The smallest absolute Gasteiger partial charge is 0.138 e. The molecule has 0 aromatic heterocycles. The lowest BCUT2D eigenvalue weighted by Crippen LogP contribution is -1.91. The van der Waals surface area contributed by atoms with Crippen LogP contribution in [0, 0.1) is 0 Å². The highest BCUT2D eigenvalue weighted by molar-refractivity contribution is 7.79. The lowest BCUT2D eigenvalue weighted by molar-refractivity contribution is 1.66. The number of hydrogen-bond acceptors (Lipinski definition) is 1. The molecular weight excluding hydrogens is 201 g/mol. The Bertz CT molecular complexity index is 275. The summed E-state index contributed by atoms with van der Waals surface area (Å²) in [7, 11) is 0. The molecule has 11 heavy (non-hydrogen) atoms. The molecule has 0 aliphatic rings. The van der Waals surface area contributed by atoms with Gasteiger partial charge in [-0.25, -0.2) is 0 Å². The highest BCUT2D eigenvalue weighted by Crippen LogP contribution is 2.24. The molecule has 1 N–H and O–H groups in total. The van der Waals surface area contributed by atoms with Gasteiger partial charge in [0.25, 0.3) is 0 Å². The summed E-state index contributed by atoms with van der Waals surface area (Å²) in [6.07, 6.45) is 0.